The number of hydrogen-bond acceptors (Lipinski definition) is 2. The van der Waals surface area contributed by atoms with Gasteiger partial charge in [0.15, 0.2) is 0 Å². The first-order valence-corrected chi connectivity index (χ1v) is 9.35. The van der Waals surface area contributed by atoms with Crippen molar-refractivity contribution >= 4 is 43.5 Å². The van der Waals surface area contributed by atoms with E-state index in [0.29, 0.717) is 16.9 Å². The van der Waals surface area contributed by atoms with Gasteiger partial charge in [0.2, 0.25) is 0 Å². The van der Waals surface area contributed by atoms with Gasteiger partial charge in [0.1, 0.15) is 5.82 Å². The molecule has 0 saturated carbocycles. The Morgan fingerprint density at radius 2 is 2.00 bits per heavy atom. The van der Waals surface area contributed by atoms with Gasteiger partial charge in [-0.1, -0.05) is 37.9 Å². The normalized spacial score (nSPS) is 17.1. The number of carbonyl (C=O) groups is 1. The molecule has 1 aliphatic heterocycles. The maximum atomic E-state index is 13.7. The smallest absolute Gasteiger partial charge is 0.254 e. The minimum Gasteiger partial charge on any atom is -0.371 e. The Morgan fingerprint density at radius 3 is 2.79 bits per heavy atom. The van der Waals surface area contributed by atoms with Crippen LogP contribution in [0.4, 0.5) is 10.1 Å². The van der Waals surface area contributed by atoms with E-state index in [9.17, 15) is 9.18 Å². The lowest BCUT2D eigenvalue weighted by molar-refractivity contribution is 0.0944. The monoisotopic (exact) mass is 454 g/mol. The zero-order valence-corrected chi connectivity index (χ0v) is 16.1. The van der Waals surface area contributed by atoms with Crippen LogP contribution >= 0.6 is 31.9 Å². The van der Waals surface area contributed by atoms with Gasteiger partial charge in [0.05, 0.1) is 5.56 Å². The quantitative estimate of drug-likeness (QED) is 0.730. The zero-order valence-electron chi connectivity index (χ0n) is 12.9. The standard InChI is InChI=1S/C18H17Br2FN2O/c19-13-2-1-3-15(8-13)23-7-6-12(11-23)10-22-18(24)16-9-14(20)4-5-17(16)21/h1-5,8-9,12H,6-7,10-11H2,(H,22,24). The number of rotatable bonds is 4. The zero-order chi connectivity index (χ0) is 17.1. The summed E-state index contributed by atoms with van der Waals surface area (Å²) in [6.07, 6.45) is 1.01. The minimum absolute atomic E-state index is 0.0752. The molecule has 1 atom stereocenters. The van der Waals surface area contributed by atoms with Crippen LogP contribution in [0.15, 0.2) is 51.4 Å². The fourth-order valence-electron chi connectivity index (χ4n) is 2.91. The average molecular weight is 456 g/mol. The Balaban J connectivity index is 1.56. The highest BCUT2D eigenvalue weighted by Gasteiger charge is 2.23. The van der Waals surface area contributed by atoms with Crippen LogP contribution in [-0.2, 0) is 0 Å². The maximum absolute atomic E-state index is 13.7. The van der Waals surface area contributed by atoms with Gasteiger partial charge >= 0.3 is 0 Å². The molecule has 0 bridgehead atoms. The van der Waals surface area contributed by atoms with Crippen molar-refractivity contribution in [3.05, 3.63) is 62.8 Å². The fourth-order valence-corrected chi connectivity index (χ4v) is 3.66. The second-order valence-electron chi connectivity index (χ2n) is 5.91. The molecule has 1 saturated heterocycles. The number of anilines is 1. The van der Waals surface area contributed by atoms with E-state index in [-0.39, 0.29) is 11.5 Å². The predicted molar refractivity (Wildman–Crippen MR) is 101 cm³/mol. The topological polar surface area (TPSA) is 32.3 Å². The van der Waals surface area contributed by atoms with E-state index < -0.39 is 5.82 Å². The molecule has 3 rings (SSSR count). The van der Waals surface area contributed by atoms with E-state index >= 15 is 0 Å². The lowest BCUT2D eigenvalue weighted by atomic mass is 10.1. The molecule has 0 aliphatic carbocycles. The van der Waals surface area contributed by atoms with Gasteiger partial charge in [0.25, 0.3) is 5.91 Å². The highest BCUT2D eigenvalue weighted by atomic mass is 79.9. The summed E-state index contributed by atoms with van der Waals surface area (Å²) in [7, 11) is 0. The third-order valence-electron chi connectivity index (χ3n) is 4.18. The molecule has 1 fully saturated rings. The molecule has 3 nitrogen and oxygen atoms in total. The molecule has 2 aromatic rings. The van der Waals surface area contributed by atoms with Gasteiger partial charge in [0, 0.05) is 34.3 Å². The summed E-state index contributed by atoms with van der Waals surface area (Å²) in [5.74, 6) is -0.504. The first kappa shape index (κ1) is 17.4. The Morgan fingerprint density at radius 1 is 1.21 bits per heavy atom. The molecule has 1 N–H and O–H groups in total. The van der Waals surface area contributed by atoms with Crippen LogP contribution in [0.2, 0.25) is 0 Å². The van der Waals surface area contributed by atoms with Gasteiger partial charge < -0.3 is 10.2 Å². The van der Waals surface area contributed by atoms with Gasteiger partial charge in [-0.25, -0.2) is 4.39 Å². The van der Waals surface area contributed by atoms with Crippen molar-refractivity contribution in [2.24, 2.45) is 5.92 Å². The Kier molecular flexibility index (Phi) is 5.56. The van der Waals surface area contributed by atoms with Gasteiger partial charge in [-0.15, -0.1) is 0 Å². The van der Waals surface area contributed by atoms with Gasteiger partial charge in [-0.3, -0.25) is 4.79 Å². The number of hydrogen-bond donors (Lipinski definition) is 1. The van der Waals surface area contributed by atoms with E-state index in [2.05, 4.69) is 54.2 Å². The van der Waals surface area contributed by atoms with E-state index in [0.717, 1.165) is 24.0 Å². The van der Waals surface area contributed by atoms with Crippen LogP contribution in [0.25, 0.3) is 0 Å². The van der Waals surface area contributed by atoms with Crippen LogP contribution < -0.4 is 10.2 Å². The first-order chi connectivity index (χ1) is 11.5. The minimum atomic E-state index is -0.502. The largest absolute Gasteiger partial charge is 0.371 e. The summed E-state index contributed by atoms with van der Waals surface area (Å²) >= 11 is 6.75. The number of carbonyl (C=O) groups excluding carboxylic acids is 1. The maximum Gasteiger partial charge on any atom is 0.254 e. The number of halogens is 3. The van der Waals surface area contributed by atoms with Crippen LogP contribution in [0.5, 0.6) is 0 Å². The van der Waals surface area contributed by atoms with Crippen LogP contribution in [0.3, 0.4) is 0 Å². The third kappa shape index (κ3) is 4.16. The van der Waals surface area contributed by atoms with Crippen molar-refractivity contribution in [3.8, 4) is 0 Å². The number of nitrogens with one attached hydrogen (secondary N) is 1. The molecule has 1 unspecified atom stereocenters. The van der Waals surface area contributed by atoms with Crippen molar-refractivity contribution in [2.45, 2.75) is 6.42 Å². The Bertz CT molecular complexity index is 754. The highest BCUT2D eigenvalue weighted by Crippen LogP contribution is 2.26. The van der Waals surface area contributed by atoms with Gasteiger partial charge in [-0.05, 0) is 48.7 Å². The second kappa shape index (κ2) is 7.66. The molecule has 1 heterocycles. The summed E-state index contributed by atoms with van der Waals surface area (Å²) in [6, 6.07) is 12.6. The van der Waals surface area contributed by atoms with Crippen molar-refractivity contribution in [1.29, 1.82) is 0 Å². The molecular formula is C18H17Br2FN2O. The molecule has 0 radical (unpaired) electrons. The number of nitrogens with zero attached hydrogens (tertiary/aromatic N) is 1. The average Bonchev–Trinajstić information content (AvgIpc) is 3.04. The van der Waals surface area contributed by atoms with E-state index in [4.69, 9.17) is 0 Å². The molecule has 6 heteroatoms. The van der Waals surface area contributed by atoms with Crippen LogP contribution in [-0.4, -0.2) is 25.5 Å². The van der Waals surface area contributed by atoms with Crippen molar-refractivity contribution < 1.29 is 9.18 Å². The fraction of sp³-hybridized carbons (Fsp3) is 0.278. The number of amides is 1. The van der Waals surface area contributed by atoms with Crippen molar-refractivity contribution in [3.63, 3.8) is 0 Å². The van der Waals surface area contributed by atoms with Crippen molar-refractivity contribution in [1.82, 2.24) is 5.32 Å². The summed E-state index contributed by atoms with van der Waals surface area (Å²) in [5.41, 5.74) is 1.25. The Labute approximate surface area is 157 Å². The predicted octanol–water partition coefficient (Wildman–Crippen LogP) is 4.61. The first-order valence-electron chi connectivity index (χ1n) is 7.76. The summed E-state index contributed by atoms with van der Waals surface area (Å²) in [4.78, 5) is 14.5. The molecule has 126 valence electrons. The SMILES string of the molecule is O=C(NCC1CCN(c2cccc(Br)c2)C1)c1cc(Br)ccc1F. The van der Waals surface area contributed by atoms with Crippen LogP contribution in [0.1, 0.15) is 16.8 Å². The summed E-state index contributed by atoms with van der Waals surface area (Å²) < 4.78 is 15.5. The highest BCUT2D eigenvalue weighted by molar-refractivity contribution is 9.10. The van der Waals surface area contributed by atoms with E-state index in [1.54, 1.807) is 6.07 Å². The summed E-state index contributed by atoms with van der Waals surface area (Å²) in [5, 5.41) is 2.86. The second-order valence-corrected chi connectivity index (χ2v) is 7.75. The molecule has 2 aromatic carbocycles. The Hall–Kier alpha value is -1.40. The third-order valence-corrected chi connectivity index (χ3v) is 5.17. The van der Waals surface area contributed by atoms with Crippen molar-refractivity contribution in [2.75, 3.05) is 24.5 Å². The van der Waals surface area contributed by atoms with E-state index in [1.165, 1.54) is 17.8 Å². The van der Waals surface area contributed by atoms with Gasteiger partial charge in [-0.2, -0.15) is 0 Å². The molecule has 1 amide bonds. The molecule has 1 aliphatic rings. The lowest BCUT2D eigenvalue weighted by Crippen LogP contribution is -2.31. The molecular weight excluding hydrogens is 439 g/mol. The molecule has 0 aromatic heterocycles. The number of benzene rings is 2. The lowest BCUT2D eigenvalue weighted by Gasteiger charge is -2.19. The molecule has 24 heavy (non-hydrogen) atoms. The molecule has 0 spiro atoms. The van der Waals surface area contributed by atoms with Crippen LogP contribution in [0, 0.1) is 11.7 Å². The van der Waals surface area contributed by atoms with E-state index in [1.807, 2.05) is 12.1 Å². The summed E-state index contributed by atoms with van der Waals surface area (Å²) in [6.45, 7) is 2.40.